The summed E-state index contributed by atoms with van der Waals surface area (Å²) < 4.78 is 10.2. The first kappa shape index (κ1) is 20.0. The third-order valence-electron chi connectivity index (χ3n) is 3.76. The molecule has 7 heteroatoms. The van der Waals surface area contributed by atoms with E-state index in [0.29, 0.717) is 12.3 Å². The standard InChI is InChI=1S/C20H22N2O5/c1-14-3-5-15(6-4-14)11-22(2)19(24)13-27-20(25)16-7-9-17(10-8-16)26-12-18(21)23/h3-10H,11-13H2,1-2H3,(H2,21,23). The van der Waals surface area contributed by atoms with E-state index in [-0.39, 0.29) is 24.7 Å². The molecule has 7 nitrogen and oxygen atoms in total. The number of primary amides is 1. The summed E-state index contributed by atoms with van der Waals surface area (Å²) in [7, 11) is 1.65. The maximum absolute atomic E-state index is 12.1. The van der Waals surface area contributed by atoms with Gasteiger partial charge in [-0.1, -0.05) is 29.8 Å². The van der Waals surface area contributed by atoms with Gasteiger partial charge in [0.05, 0.1) is 5.56 Å². The van der Waals surface area contributed by atoms with Crippen LogP contribution in [0.3, 0.4) is 0 Å². The Labute approximate surface area is 157 Å². The lowest BCUT2D eigenvalue weighted by Gasteiger charge is -2.17. The minimum Gasteiger partial charge on any atom is -0.484 e. The normalized spacial score (nSPS) is 10.1. The highest BCUT2D eigenvalue weighted by Gasteiger charge is 2.14. The van der Waals surface area contributed by atoms with Crippen LogP contribution in [0.25, 0.3) is 0 Å². The van der Waals surface area contributed by atoms with Crippen molar-refractivity contribution in [2.45, 2.75) is 13.5 Å². The molecule has 0 saturated carbocycles. The zero-order valence-corrected chi connectivity index (χ0v) is 15.3. The number of nitrogens with zero attached hydrogens (tertiary/aromatic N) is 1. The predicted octanol–water partition coefficient (Wildman–Crippen LogP) is 1.67. The number of esters is 1. The van der Waals surface area contributed by atoms with Gasteiger partial charge < -0.3 is 20.1 Å². The zero-order valence-electron chi connectivity index (χ0n) is 15.3. The van der Waals surface area contributed by atoms with Crippen LogP contribution in [0.15, 0.2) is 48.5 Å². The highest BCUT2D eigenvalue weighted by atomic mass is 16.5. The number of hydrogen-bond donors (Lipinski definition) is 1. The fourth-order valence-corrected chi connectivity index (χ4v) is 2.22. The third kappa shape index (κ3) is 6.47. The van der Waals surface area contributed by atoms with Crippen LogP contribution >= 0.6 is 0 Å². The summed E-state index contributed by atoms with van der Waals surface area (Å²) in [5.41, 5.74) is 7.41. The Morgan fingerprint density at radius 3 is 2.19 bits per heavy atom. The average molecular weight is 370 g/mol. The van der Waals surface area contributed by atoms with Crippen molar-refractivity contribution in [2.75, 3.05) is 20.3 Å². The molecular weight excluding hydrogens is 348 g/mol. The molecule has 27 heavy (non-hydrogen) atoms. The van der Waals surface area contributed by atoms with Gasteiger partial charge in [0.15, 0.2) is 13.2 Å². The first-order valence-corrected chi connectivity index (χ1v) is 8.33. The molecule has 0 spiro atoms. The largest absolute Gasteiger partial charge is 0.484 e. The van der Waals surface area contributed by atoms with E-state index in [2.05, 4.69) is 0 Å². The molecule has 2 aromatic carbocycles. The number of ether oxygens (including phenoxy) is 2. The van der Waals surface area contributed by atoms with Gasteiger partial charge in [-0.05, 0) is 36.8 Å². The van der Waals surface area contributed by atoms with E-state index in [4.69, 9.17) is 15.2 Å². The van der Waals surface area contributed by atoms with E-state index < -0.39 is 11.9 Å². The third-order valence-corrected chi connectivity index (χ3v) is 3.76. The van der Waals surface area contributed by atoms with Gasteiger partial charge in [-0.3, -0.25) is 9.59 Å². The molecule has 0 aliphatic rings. The highest BCUT2D eigenvalue weighted by molar-refractivity contribution is 5.91. The van der Waals surface area contributed by atoms with Crippen molar-refractivity contribution in [3.63, 3.8) is 0 Å². The smallest absolute Gasteiger partial charge is 0.338 e. The van der Waals surface area contributed by atoms with Crippen LogP contribution < -0.4 is 10.5 Å². The number of benzene rings is 2. The second-order valence-corrected chi connectivity index (χ2v) is 6.09. The van der Waals surface area contributed by atoms with Crippen LogP contribution in [0.4, 0.5) is 0 Å². The summed E-state index contributed by atoms with van der Waals surface area (Å²) in [5.74, 6) is -1.11. The Balaban J connectivity index is 1.82. The summed E-state index contributed by atoms with van der Waals surface area (Å²) in [6.45, 7) is 1.84. The van der Waals surface area contributed by atoms with Crippen molar-refractivity contribution >= 4 is 17.8 Å². The van der Waals surface area contributed by atoms with Crippen LogP contribution in [0.5, 0.6) is 5.75 Å². The summed E-state index contributed by atoms with van der Waals surface area (Å²) in [4.78, 5) is 36.3. The monoisotopic (exact) mass is 370 g/mol. The number of carbonyl (C=O) groups excluding carboxylic acids is 3. The fraction of sp³-hybridized carbons (Fsp3) is 0.250. The minimum absolute atomic E-state index is 0.244. The Morgan fingerprint density at radius 1 is 0.963 bits per heavy atom. The first-order valence-electron chi connectivity index (χ1n) is 8.33. The Kier molecular flexibility index (Phi) is 6.93. The Morgan fingerprint density at radius 2 is 1.59 bits per heavy atom. The number of aryl methyl sites for hydroxylation is 1. The Bertz CT molecular complexity index is 800. The van der Waals surface area contributed by atoms with E-state index >= 15 is 0 Å². The quantitative estimate of drug-likeness (QED) is 0.713. The molecule has 0 aliphatic carbocycles. The van der Waals surface area contributed by atoms with E-state index in [0.717, 1.165) is 11.1 Å². The molecule has 0 fully saturated rings. The summed E-state index contributed by atoms with van der Waals surface area (Å²) >= 11 is 0. The maximum Gasteiger partial charge on any atom is 0.338 e. The molecule has 0 heterocycles. The zero-order chi connectivity index (χ0) is 19.8. The van der Waals surface area contributed by atoms with Crippen LogP contribution in [-0.2, 0) is 20.9 Å². The van der Waals surface area contributed by atoms with Gasteiger partial charge >= 0.3 is 5.97 Å². The van der Waals surface area contributed by atoms with Gasteiger partial charge in [-0.25, -0.2) is 4.79 Å². The molecule has 142 valence electrons. The molecule has 0 atom stereocenters. The number of hydrogen-bond acceptors (Lipinski definition) is 5. The lowest BCUT2D eigenvalue weighted by molar-refractivity contribution is -0.133. The number of amides is 2. The van der Waals surface area contributed by atoms with E-state index in [9.17, 15) is 14.4 Å². The van der Waals surface area contributed by atoms with Gasteiger partial charge in [-0.2, -0.15) is 0 Å². The van der Waals surface area contributed by atoms with E-state index in [1.165, 1.54) is 29.2 Å². The molecule has 0 saturated heterocycles. The topological polar surface area (TPSA) is 98.9 Å². The molecule has 0 radical (unpaired) electrons. The van der Waals surface area contributed by atoms with Crippen LogP contribution in [0.1, 0.15) is 21.5 Å². The number of carbonyl (C=O) groups is 3. The van der Waals surface area contributed by atoms with Gasteiger partial charge in [0.2, 0.25) is 0 Å². The lowest BCUT2D eigenvalue weighted by Crippen LogP contribution is -2.30. The van der Waals surface area contributed by atoms with Crippen molar-refractivity contribution in [3.05, 3.63) is 65.2 Å². The van der Waals surface area contributed by atoms with Crippen LogP contribution in [0, 0.1) is 6.92 Å². The maximum atomic E-state index is 12.1. The average Bonchev–Trinajstić information content (AvgIpc) is 2.66. The van der Waals surface area contributed by atoms with Crippen LogP contribution in [-0.4, -0.2) is 42.9 Å². The number of nitrogens with two attached hydrogens (primary N) is 1. The predicted molar refractivity (Wildman–Crippen MR) is 99.1 cm³/mol. The first-order chi connectivity index (χ1) is 12.8. The molecule has 2 N–H and O–H groups in total. The highest BCUT2D eigenvalue weighted by Crippen LogP contribution is 2.13. The van der Waals surface area contributed by atoms with Gasteiger partial charge in [0.25, 0.3) is 11.8 Å². The Hall–Kier alpha value is -3.35. The number of likely N-dealkylation sites (N-methyl/N-ethyl adjacent to an activating group) is 1. The van der Waals surface area contributed by atoms with E-state index in [1.54, 1.807) is 7.05 Å². The van der Waals surface area contributed by atoms with Crippen molar-refractivity contribution in [2.24, 2.45) is 5.73 Å². The molecule has 2 amide bonds. The molecule has 0 aliphatic heterocycles. The van der Waals surface area contributed by atoms with Gasteiger partial charge in [0.1, 0.15) is 5.75 Å². The summed E-state index contributed by atoms with van der Waals surface area (Å²) in [6.07, 6.45) is 0. The second-order valence-electron chi connectivity index (χ2n) is 6.09. The summed E-state index contributed by atoms with van der Waals surface area (Å²) in [5, 5.41) is 0. The van der Waals surface area contributed by atoms with Crippen molar-refractivity contribution in [3.8, 4) is 5.75 Å². The SMILES string of the molecule is Cc1ccc(CN(C)C(=O)COC(=O)c2ccc(OCC(N)=O)cc2)cc1. The van der Waals surface area contributed by atoms with Crippen molar-refractivity contribution in [1.82, 2.24) is 4.90 Å². The number of rotatable bonds is 8. The second kappa shape index (κ2) is 9.38. The minimum atomic E-state index is -0.617. The van der Waals surface area contributed by atoms with Gasteiger partial charge in [0, 0.05) is 13.6 Å². The van der Waals surface area contributed by atoms with Gasteiger partial charge in [-0.15, -0.1) is 0 Å². The molecule has 2 rings (SSSR count). The molecule has 0 bridgehead atoms. The lowest BCUT2D eigenvalue weighted by atomic mass is 10.1. The fourth-order valence-electron chi connectivity index (χ4n) is 2.22. The molecule has 2 aromatic rings. The molecule has 0 aromatic heterocycles. The molecule has 0 unspecified atom stereocenters. The van der Waals surface area contributed by atoms with Crippen LogP contribution in [0.2, 0.25) is 0 Å². The molecular formula is C20H22N2O5. The van der Waals surface area contributed by atoms with E-state index in [1.807, 2.05) is 31.2 Å². The van der Waals surface area contributed by atoms with Crippen molar-refractivity contribution in [1.29, 1.82) is 0 Å². The van der Waals surface area contributed by atoms with Crippen molar-refractivity contribution < 1.29 is 23.9 Å². The summed E-state index contributed by atoms with van der Waals surface area (Å²) in [6, 6.07) is 13.9.